The van der Waals surface area contributed by atoms with Crippen molar-refractivity contribution in [2.45, 2.75) is 18.9 Å². The molecule has 0 aromatic carbocycles. The first-order valence-electron chi connectivity index (χ1n) is 6.52. The van der Waals surface area contributed by atoms with Crippen molar-refractivity contribution in [2.75, 3.05) is 25.1 Å². The van der Waals surface area contributed by atoms with E-state index in [1.54, 1.807) is 6.20 Å². The summed E-state index contributed by atoms with van der Waals surface area (Å²) in [6.45, 7) is 1.73. The van der Waals surface area contributed by atoms with Crippen LogP contribution in [0.2, 0.25) is 0 Å². The summed E-state index contributed by atoms with van der Waals surface area (Å²) in [5.41, 5.74) is 0.214. The van der Waals surface area contributed by atoms with Crippen LogP contribution in [0.25, 0.3) is 0 Å². The lowest BCUT2D eigenvalue weighted by atomic mass is 10.00. The third kappa shape index (κ3) is 2.16. The van der Waals surface area contributed by atoms with E-state index in [2.05, 4.69) is 19.6 Å². The molecule has 6 nitrogen and oxygen atoms in total. The zero-order valence-corrected chi connectivity index (χ0v) is 10.8. The predicted molar refractivity (Wildman–Crippen MR) is 67.8 cm³/mol. The minimum atomic E-state index is -0.479. The molecule has 1 aliphatic carbocycles. The standard InChI is InChI=1S/C13H17N3O3/c1-19-13(18)10-4-15-12(5-14-10)16-6-8-2-3-11(17)9(8)7-16/h4-5,8-9,11,17H,2-3,6-7H2,1H3. The molecule has 102 valence electrons. The van der Waals surface area contributed by atoms with Gasteiger partial charge in [0, 0.05) is 19.0 Å². The number of carbonyl (C=O) groups excluding carboxylic acids is 1. The van der Waals surface area contributed by atoms with Crippen molar-refractivity contribution >= 4 is 11.8 Å². The fourth-order valence-corrected chi connectivity index (χ4v) is 3.12. The maximum atomic E-state index is 11.3. The number of carbonyl (C=O) groups is 1. The average Bonchev–Trinajstić information content (AvgIpc) is 3.01. The van der Waals surface area contributed by atoms with E-state index in [9.17, 15) is 9.90 Å². The smallest absolute Gasteiger partial charge is 0.358 e. The average molecular weight is 263 g/mol. The molecule has 0 bridgehead atoms. The molecule has 1 aromatic rings. The Morgan fingerprint density at radius 2 is 2.21 bits per heavy atom. The number of aliphatic hydroxyl groups is 1. The van der Waals surface area contributed by atoms with Gasteiger partial charge in [0.1, 0.15) is 5.82 Å². The van der Waals surface area contributed by atoms with Gasteiger partial charge in [-0.15, -0.1) is 0 Å². The van der Waals surface area contributed by atoms with Crippen molar-refractivity contribution in [3.05, 3.63) is 18.1 Å². The van der Waals surface area contributed by atoms with Crippen molar-refractivity contribution in [1.82, 2.24) is 9.97 Å². The lowest BCUT2D eigenvalue weighted by molar-refractivity contribution is 0.0593. The summed E-state index contributed by atoms with van der Waals surface area (Å²) in [5, 5.41) is 9.89. The van der Waals surface area contributed by atoms with Gasteiger partial charge in [-0.05, 0) is 18.8 Å². The molecule has 1 saturated carbocycles. The number of methoxy groups -OCH3 is 1. The number of nitrogens with zero attached hydrogens (tertiary/aromatic N) is 3. The molecule has 0 amide bonds. The number of aromatic nitrogens is 2. The van der Waals surface area contributed by atoms with Crippen LogP contribution in [-0.4, -0.2) is 47.3 Å². The van der Waals surface area contributed by atoms with E-state index >= 15 is 0 Å². The number of ether oxygens (including phenoxy) is 1. The number of hydrogen-bond donors (Lipinski definition) is 1. The van der Waals surface area contributed by atoms with Crippen LogP contribution in [0.3, 0.4) is 0 Å². The van der Waals surface area contributed by atoms with Gasteiger partial charge in [-0.3, -0.25) is 0 Å². The molecule has 3 unspecified atom stereocenters. The number of esters is 1. The van der Waals surface area contributed by atoms with Crippen LogP contribution in [0.4, 0.5) is 5.82 Å². The van der Waals surface area contributed by atoms with E-state index in [-0.39, 0.29) is 11.8 Å². The zero-order chi connectivity index (χ0) is 13.4. The molecule has 2 heterocycles. The van der Waals surface area contributed by atoms with Gasteiger partial charge in [-0.25, -0.2) is 14.8 Å². The van der Waals surface area contributed by atoms with Crippen molar-refractivity contribution in [3.63, 3.8) is 0 Å². The van der Waals surface area contributed by atoms with E-state index in [4.69, 9.17) is 0 Å². The van der Waals surface area contributed by atoms with Crippen molar-refractivity contribution in [3.8, 4) is 0 Å². The number of anilines is 1. The molecule has 3 rings (SSSR count). The SMILES string of the molecule is COC(=O)c1cnc(N2CC3CCC(O)C3C2)cn1. The second kappa shape index (κ2) is 4.77. The van der Waals surface area contributed by atoms with E-state index in [0.29, 0.717) is 11.8 Å². The minimum Gasteiger partial charge on any atom is -0.464 e. The number of hydrogen-bond acceptors (Lipinski definition) is 6. The van der Waals surface area contributed by atoms with E-state index in [1.807, 2.05) is 0 Å². The van der Waals surface area contributed by atoms with Crippen LogP contribution in [0.15, 0.2) is 12.4 Å². The maximum absolute atomic E-state index is 11.3. The Morgan fingerprint density at radius 3 is 2.84 bits per heavy atom. The third-order valence-corrected chi connectivity index (χ3v) is 4.18. The van der Waals surface area contributed by atoms with Crippen LogP contribution in [0, 0.1) is 11.8 Å². The third-order valence-electron chi connectivity index (χ3n) is 4.18. The molecule has 3 atom stereocenters. The Kier molecular flexibility index (Phi) is 3.10. The number of rotatable bonds is 2. The van der Waals surface area contributed by atoms with Gasteiger partial charge in [0.25, 0.3) is 0 Å². The summed E-state index contributed by atoms with van der Waals surface area (Å²) < 4.78 is 4.59. The topological polar surface area (TPSA) is 75.5 Å². The first-order chi connectivity index (χ1) is 9.19. The summed E-state index contributed by atoms with van der Waals surface area (Å²) in [5.74, 6) is 1.18. The molecule has 1 N–H and O–H groups in total. The monoisotopic (exact) mass is 263 g/mol. The predicted octanol–water partition coefficient (Wildman–Crippen LogP) is 0.470. The molecular weight excluding hydrogens is 246 g/mol. The molecule has 19 heavy (non-hydrogen) atoms. The normalized spacial score (nSPS) is 29.4. The largest absolute Gasteiger partial charge is 0.464 e. The quantitative estimate of drug-likeness (QED) is 0.782. The highest BCUT2D eigenvalue weighted by molar-refractivity contribution is 5.86. The van der Waals surface area contributed by atoms with Crippen LogP contribution < -0.4 is 4.90 Å². The first kappa shape index (κ1) is 12.3. The molecule has 2 aliphatic rings. The second-order valence-corrected chi connectivity index (χ2v) is 5.23. The fraction of sp³-hybridized carbons (Fsp3) is 0.615. The highest BCUT2D eigenvalue weighted by atomic mass is 16.5. The highest BCUT2D eigenvalue weighted by Gasteiger charge is 2.42. The summed E-state index contributed by atoms with van der Waals surface area (Å²) in [7, 11) is 1.32. The van der Waals surface area contributed by atoms with Crippen molar-refractivity contribution in [2.24, 2.45) is 11.8 Å². The lowest BCUT2D eigenvalue weighted by Crippen LogP contribution is -2.25. The van der Waals surface area contributed by atoms with Gasteiger partial charge in [0.15, 0.2) is 5.69 Å². The Morgan fingerprint density at radius 1 is 1.37 bits per heavy atom. The van der Waals surface area contributed by atoms with E-state index < -0.39 is 5.97 Å². The molecule has 6 heteroatoms. The van der Waals surface area contributed by atoms with Gasteiger partial charge in [0.2, 0.25) is 0 Å². The van der Waals surface area contributed by atoms with Gasteiger partial charge in [-0.1, -0.05) is 0 Å². The van der Waals surface area contributed by atoms with Crippen LogP contribution in [0.1, 0.15) is 23.3 Å². The fourth-order valence-electron chi connectivity index (χ4n) is 3.12. The van der Waals surface area contributed by atoms with Crippen molar-refractivity contribution in [1.29, 1.82) is 0 Å². The van der Waals surface area contributed by atoms with Crippen molar-refractivity contribution < 1.29 is 14.6 Å². The Hall–Kier alpha value is -1.69. The summed E-state index contributed by atoms with van der Waals surface area (Å²) >= 11 is 0. The van der Waals surface area contributed by atoms with E-state index in [1.165, 1.54) is 13.3 Å². The molecule has 0 radical (unpaired) electrons. The first-order valence-corrected chi connectivity index (χ1v) is 6.52. The Balaban J connectivity index is 1.72. The lowest BCUT2D eigenvalue weighted by Gasteiger charge is -2.18. The van der Waals surface area contributed by atoms with Gasteiger partial charge in [-0.2, -0.15) is 0 Å². The number of aliphatic hydroxyl groups excluding tert-OH is 1. The summed E-state index contributed by atoms with van der Waals surface area (Å²) in [4.78, 5) is 21.7. The zero-order valence-electron chi connectivity index (χ0n) is 10.8. The summed E-state index contributed by atoms with van der Waals surface area (Å²) in [6.07, 6.45) is 4.84. The van der Waals surface area contributed by atoms with Gasteiger partial charge >= 0.3 is 5.97 Å². The number of fused-ring (bicyclic) bond motifs is 1. The minimum absolute atomic E-state index is 0.183. The second-order valence-electron chi connectivity index (χ2n) is 5.23. The molecule has 2 fully saturated rings. The van der Waals surface area contributed by atoms with E-state index in [0.717, 1.165) is 31.7 Å². The Labute approximate surface area is 111 Å². The molecule has 1 saturated heterocycles. The molecule has 0 spiro atoms. The summed E-state index contributed by atoms with van der Waals surface area (Å²) in [6, 6.07) is 0. The molecule has 1 aromatic heterocycles. The molecular formula is C13H17N3O3. The molecule has 1 aliphatic heterocycles. The Bertz CT molecular complexity index is 477. The van der Waals surface area contributed by atoms with Crippen LogP contribution in [-0.2, 0) is 4.74 Å². The van der Waals surface area contributed by atoms with Crippen LogP contribution >= 0.6 is 0 Å². The van der Waals surface area contributed by atoms with Gasteiger partial charge in [0.05, 0.1) is 25.6 Å². The maximum Gasteiger partial charge on any atom is 0.358 e. The highest BCUT2D eigenvalue weighted by Crippen LogP contribution is 2.39. The van der Waals surface area contributed by atoms with Crippen LogP contribution in [0.5, 0.6) is 0 Å². The van der Waals surface area contributed by atoms with Gasteiger partial charge < -0.3 is 14.7 Å².